The number of nitrogens with zero attached hydrogens (tertiary/aromatic N) is 8. The highest BCUT2D eigenvalue weighted by molar-refractivity contribution is 7.27. The van der Waals surface area contributed by atoms with Crippen LogP contribution in [0.15, 0.2) is 364 Å². The van der Waals surface area contributed by atoms with Gasteiger partial charge >= 0.3 is 0 Å². The summed E-state index contributed by atoms with van der Waals surface area (Å²) in [5.74, 6) is 0. The third kappa shape index (κ3) is 14.3. The van der Waals surface area contributed by atoms with Crippen molar-refractivity contribution in [1.82, 2.24) is 39.9 Å². The molecular weight excluding hydrogens is 1630 g/mol. The monoisotopic (exact) mass is 1690 g/mol. The molecule has 0 aliphatic heterocycles. The van der Waals surface area contributed by atoms with Gasteiger partial charge in [-0.05, 0) is 176 Å². The Morgan fingerprint density at radius 2 is 0.450 bits per heavy atom. The molecule has 0 amide bonds. The average molecular weight is 1690 g/mol. The molecule has 24 rings (SSSR count). The molecule has 0 saturated heterocycles. The van der Waals surface area contributed by atoms with Crippen LogP contribution in [0.25, 0.3) is 214 Å². The molecule has 568 valence electrons. The maximum Gasteiger partial charge on any atom is 0.223 e. The lowest BCUT2D eigenvalue weighted by Crippen LogP contribution is -1.91. The van der Waals surface area contributed by atoms with Gasteiger partial charge < -0.3 is 0 Å². The first-order valence-corrected chi connectivity index (χ1v) is 43.6. The first-order valence-electron chi connectivity index (χ1n) is 38.8. The fourth-order valence-corrected chi connectivity index (χ4v) is 21.4. The van der Waals surface area contributed by atoms with E-state index in [9.17, 15) is 0 Å². The fourth-order valence-electron chi connectivity index (χ4n) is 16.1. The number of hydrogen-bond donors (Lipinski definition) is 0. The molecule has 8 aromatic heterocycles. The van der Waals surface area contributed by atoms with Crippen LogP contribution in [-0.2, 0) is 0 Å². The van der Waals surface area contributed by atoms with Gasteiger partial charge in [0.1, 0.15) is 0 Å². The molecule has 0 aliphatic carbocycles. The Balaban J connectivity index is 0.0000000990. The van der Waals surface area contributed by atoms with Crippen LogP contribution in [0.2, 0.25) is 21.1 Å². The van der Waals surface area contributed by atoms with E-state index in [-0.39, 0.29) is 21.1 Å². The van der Waals surface area contributed by atoms with Crippen molar-refractivity contribution in [1.29, 1.82) is 0 Å². The first kappa shape index (κ1) is 74.5. The van der Waals surface area contributed by atoms with Gasteiger partial charge in [-0.15, -0.1) is 45.3 Å². The molecule has 0 bridgehead atoms. The van der Waals surface area contributed by atoms with Crippen LogP contribution < -0.4 is 0 Å². The average Bonchev–Trinajstić information content (AvgIpc) is 1.56. The molecule has 0 saturated carbocycles. The van der Waals surface area contributed by atoms with Gasteiger partial charge in [-0.1, -0.05) is 322 Å². The zero-order valence-corrected chi connectivity index (χ0v) is 69.7. The Labute approximate surface area is 724 Å². The van der Waals surface area contributed by atoms with Crippen LogP contribution in [-0.4, -0.2) is 39.9 Å². The van der Waals surface area contributed by atoms with Crippen molar-refractivity contribution in [2.24, 2.45) is 0 Å². The molecule has 0 aliphatic rings. The number of aromatic nitrogens is 8. The highest BCUT2D eigenvalue weighted by Gasteiger charge is 2.22. The smallest absolute Gasteiger partial charge is 0.216 e. The van der Waals surface area contributed by atoms with Crippen molar-refractivity contribution in [3.8, 4) is 89.5 Å². The quantitative estimate of drug-likeness (QED) is 0.139. The predicted octanol–water partition coefficient (Wildman–Crippen LogP) is 31.9. The van der Waals surface area contributed by atoms with Crippen LogP contribution >= 0.6 is 91.8 Å². The first-order chi connectivity index (χ1) is 59.1. The minimum Gasteiger partial charge on any atom is -0.216 e. The molecule has 8 heterocycles. The number of thiophene rings is 4. The third-order valence-electron chi connectivity index (χ3n) is 21.8. The van der Waals surface area contributed by atoms with Crippen LogP contribution in [0.1, 0.15) is 0 Å². The lowest BCUT2D eigenvalue weighted by Gasteiger charge is -2.12. The second-order valence-corrected chi connectivity index (χ2v) is 34.5. The van der Waals surface area contributed by atoms with Crippen LogP contribution in [0.3, 0.4) is 0 Å². The minimum absolute atomic E-state index is 0.275. The third-order valence-corrected chi connectivity index (χ3v) is 27.1. The lowest BCUT2D eigenvalue weighted by molar-refractivity contribution is 1.23. The Morgan fingerprint density at radius 3 is 0.933 bits per heavy atom. The van der Waals surface area contributed by atoms with E-state index in [0.717, 1.165) is 113 Å². The van der Waals surface area contributed by atoms with E-state index in [2.05, 4.69) is 349 Å². The van der Waals surface area contributed by atoms with Gasteiger partial charge in [0.2, 0.25) is 21.1 Å². The highest BCUT2D eigenvalue weighted by Crippen LogP contribution is 2.46. The summed E-state index contributed by atoms with van der Waals surface area (Å²) in [5, 5.41) is 15.3. The van der Waals surface area contributed by atoms with Gasteiger partial charge in [0.25, 0.3) is 0 Å². The molecule has 0 fully saturated rings. The molecule has 120 heavy (non-hydrogen) atoms. The molecule has 16 heteroatoms. The van der Waals surface area contributed by atoms with E-state index >= 15 is 0 Å². The summed E-state index contributed by atoms with van der Waals surface area (Å²) in [6.07, 6.45) is 0. The topological polar surface area (TPSA) is 103 Å². The summed E-state index contributed by atoms with van der Waals surface area (Å²) >= 11 is 32.2. The van der Waals surface area contributed by atoms with Gasteiger partial charge in [-0.2, -0.15) is 0 Å². The van der Waals surface area contributed by atoms with Crippen molar-refractivity contribution < 1.29 is 0 Å². The van der Waals surface area contributed by atoms with E-state index in [4.69, 9.17) is 46.4 Å². The minimum atomic E-state index is 0.275. The summed E-state index contributed by atoms with van der Waals surface area (Å²) in [7, 11) is 0. The Bertz CT molecular complexity index is 8110. The molecule has 0 spiro atoms. The largest absolute Gasteiger partial charge is 0.223 e. The van der Waals surface area contributed by atoms with Gasteiger partial charge in [0.15, 0.2) is 0 Å². The molecular formula is C104H60Cl4N8S4. The molecule has 0 radical (unpaired) electrons. The van der Waals surface area contributed by atoms with E-state index in [0.29, 0.717) is 0 Å². The second kappa shape index (κ2) is 32.0. The lowest BCUT2D eigenvalue weighted by atomic mass is 9.94. The normalized spacial score (nSPS) is 11.5. The molecule has 0 N–H and O–H groups in total. The zero-order valence-electron chi connectivity index (χ0n) is 63.4. The van der Waals surface area contributed by atoms with Gasteiger partial charge in [0, 0.05) is 62.6 Å². The van der Waals surface area contributed by atoms with Crippen molar-refractivity contribution in [3.63, 3.8) is 0 Å². The summed E-state index contributed by atoms with van der Waals surface area (Å²) in [5.41, 5.74) is 21.1. The number of fused-ring (bicyclic) bond motifs is 16. The number of rotatable bonds is 8. The summed E-state index contributed by atoms with van der Waals surface area (Å²) in [6.45, 7) is 0. The molecule has 24 aromatic rings. The summed E-state index contributed by atoms with van der Waals surface area (Å²) in [4.78, 5) is 36.6. The Morgan fingerprint density at radius 1 is 0.167 bits per heavy atom. The van der Waals surface area contributed by atoms with Crippen molar-refractivity contribution >= 4 is 216 Å². The maximum atomic E-state index is 6.39. The molecule has 8 nitrogen and oxygen atoms in total. The van der Waals surface area contributed by atoms with E-state index in [1.54, 1.807) is 45.3 Å². The molecule has 16 aromatic carbocycles. The highest BCUT2D eigenvalue weighted by atomic mass is 35.5. The van der Waals surface area contributed by atoms with Crippen molar-refractivity contribution in [2.45, 2.75) is 0 Å². The fraction of sp³-hybridized carbons (Fsp3) is 0. The van der Waals surface area contributed by atoms with E-state index in [1.807, 2.05) is 54.6 Å². The SMILES string of the molecule is Clc1nc(-c2ccc(-c3ccc4ccccc4c3)cc2)c2sc3ccccc3c2n1.Clc1nc(-c2ccc(-c3cccc4ccccc34)cc2)c2sc3ccccc3c2n1.Clc1nc(-c2ccc(-c3ccccc3)c3ccccc23)c2sc3ccccc3c2n1.Clc1nc(-c2ccc3cc(-c4ccccc4)ccc3c2)c2sc3ccccc3c2n1. The molecule has 0 atom stereocenters. The Kier molecular flexibility index (Phi) is 19.9. The van der Waals surface area contributed by atoms with Crippen molar-refractivity contribution in [2.75, 3.05) is 0 Å². The number of hydrogen-bond acceptors (Lipinski definition) is 12. The van der Waals surface area contributed by atoms with E-state index in [1.165, 1.54) is 101 Å². The number of halogens is 4. The summed E-state index contributed by atoms with van der Waals surface area (Å²) in [6, 6.07) is 127. The van der Waals surface area contributed by atoms with Crippen molar-refractivity contribution in [3.05, 3.63) is 385 Å². The molecule has 0 unspecified atom stereocenters. The predicted molar refractivity (Wildman–Crippen MR) is 513 cm³/mol. The van der Waals surface area contributed by atoms with Gasteiger partial charge in [-0.25, -0.2) is 39.9 Å². The zero-order chi connectivity index (χ0) is 80.3. The van der Waals surface area contributed by atoms with Crippen LogP contribution in [0, 0.1) is 0 Å². The maximum absolute atomic E-state index is 6.39. The van der Waals surface area contributed by atoms with Crippen LogP contribution in [0.4, 0.5) is 0 Å². The Hall–Kier alpha value is -13.1. The van der Waals surface area contributed by atoms with Crippen LogP contribution in [0.5, 0.6) is 0 Å². The summed E-state index contributed by atoms with van der Waals surface area (Å²) < 4.78 is 9.04. The van der Waals surface area contributed by atoms with E-state index < -0.39 is 0 Å². The standard InChI is InChI=1S/4C26H15ClN2S/c27-26-28-23(25-24(29-26)21-9-3-4-11-22(21)30-25)18-14-12-17(13-15-18)20-10-5-7-16-6-1-2-8-19(16)20;27-26-28-23(25-24(29-26)21-7-3-4-8-22(21)30-25)18-12-9-17(10-13-18)20-14-11-16-5-1-2-6-19(16)15-20;27-26-28-23(25-24(29-26)21-12-6-7-13-22(21)30-25)20-15-14-17(16-8-2-1-3-9-16)18-10-4-5-11-19(18)20;27-26-28-23(25-24(29-26)21-8-4-5-9-22(21)30-25)20-13-12-18-14-17(10-11-19(18)15-20)16-6-2-1-3-7-16/h4*1-15H. The van der Waals surface area contributed by atoms with Gasteiger partial charge in [-0.3, -0.25) is 0 Å². The second-order valence-electron chi connectivity index (χ2n) is 28.9. The van der Waals surface area contributed by atoms with Gasteiger partial charge in [0.05, 0.1) is 63.6 Å². The number of benzene rings is 16.